The molecule has 6 heteroatoms. The molecule has 1 aliphatic carbocycles. The molecule has 0 spiro atoms. The van der Waals surface area contributed by atoms with Crippen molar-refractivity contribution in [3.8, 4) is 0 Å². The Morgan fingerprint density at radius 3 is 2.24 bits per heavy atom. The van der Waals surface area contributed by atoms with Gasteiger partial charge in [-0.15, -0.1) is 11.3 Å². The molecule has 0 radical (unpaired) electrons. The monoisotopic (exact) mass is 466 g/mol. The van der Waals surface area contributed by atoms with Crippen LogP contribution in [0.4, 0.5) is 0 Å². The van der Waals surface area contributed by atoms with Gasteiger partial charge in [-0.2, -0.15) is 0 Å². The van der Waals surface area contributed by atoms with Crippen LogP contribution in [0.25, 0.3) is 0 Å². The number of thiophene rings is 1. The van der Waals surface area contributed by atoms with Crippen LogP contribution in [0, 0.1) is 17.8 Å². The fourth-order valence-electron chi connectivity index (χ4n) is 5.29. The fraction of sp³-hybridized carbons (Fsp3) is 0.519. The molecule has 0 bridgehead atoms. The Hall–Kier alpha value is -2.47. The van der Waals surface area contributed by atoms with Gasteiger partial charge in [0.1, 0.15) is 18.1 Å². The first kappa shape index (κ1) is 23.7. The molecule has 1 N–H and O–H groups in total. The van der Waals surface area contributed by atoms with Gasteiger partial charge in [0.15, 0.2) is 5.78 Å². The molecule has 2 heterocycles. The predicted molar refractivity (Wildman–Crippen MR) is 131 cm³/mol. The number of hydrogen-bond donors (Lipinski definition) is 1. The second-order valence-corrected chi connectivity index (χ2v) is 11.3. The molecular formula is C27H34N2O3S. The standard InChI is InChI=1S/C27H34N2O3S/c1-16(2)12-21-26(31)28-24(20-14-18-8-5-6-9-19(18)15-20)27(32)29(21)25(22(30)13-17(3)4)23-10-7-11-33-23/h5-11,16-17,20-21,24-25H,12-15H2,1-4H3,(H,28,31)/t21-,24-,25+/m1/s1. The Morgan fingerprint density at radius 1 is 1.03 bits per heavy atom. The molecule has 1 aromatic carbocycles. The van der Waals surface area contributed by atoms with Crippen molar-refractivity contribution in [1.82, 2.24) is 10.2 Å². The molecule has 3 atom stereocenters. The lowest BCUT2D eigenvalue weighted by atomic mass is 9.87. The van der Waals surface area contributed by atoms with Gasteiger partial charge in [0, 0.05) is 11.3 Å². The highest BCUT2D eigenvalue weighted by molar-refractivity contribution is 7.10. The lowest BCUT2D eigenvalue weighted by Gasteiger charge is -2.44. The molecule has 176 valence electrons. The van der Waals surface area contributed by atoms with E-state index < -0.39 is 18.1 Å². The molecule has 2 aromatic rings. The van der Waals surface area contributed by atoms with E-state index in [2.05, 4.69) is 17.4 Å². The van der Waals surface area contributed by atoms with Crippen LogP contribution in [-0.4, -0.2) is 34.6 Å². The van der Waals surface area contributed by atoms with E-state index in [1.54, 1.807) is 4.90 Å². The van der Waals surface area contributed by atoms with Gasteiger partial charge in [0.05, 0.1) is 0 Å². The fourth-order valence-corrected chi connectivity index (χ4v) is 6.13. The van der Waals surface area contributed by atoms with Gasteiger partial charge < -0.3 is 10.2 Å². The van der Waals surface area contributed by atoms with E-state index >= 15 is 0 Å². The van der Waals surface area contributed by atoms with Crippen molar-refractivity contribution in [3.05, 3.63) is 57.8 Å². The number of benzene rings is 1. The third kappa shape index (κ3) is 4.91. The average Bonchev–Trinajstić information content (AvgIpc) is 3.41. The molecule has 0 unspecified atom stereocenters. The molecule has 1 aromatic heterocycles. The number of amides is 2. The number of carbonyl (C=O) groups is 3. The topological polar surface area (TPSA) is 66.5 Å². The average molecular weight is 467 g/mol. The molecule has 2 amide bonds. The first-order chi connectivity index (χ1) is 15.8. The Balaban J connectivity index is 1.71. The molecule has 5 nitrogen and oxygen atoms in total. The SMILES string of the molecule is CC(C)CC(=O)[C@@H](c1cccs1)N1C(=O)[C@@H](C2Cc3ccccc3C2)NC(=O)[C@H]1CC(C)C. The molecular weight excluding hydrogens is 432 g/mol. The first-order valence-corrected chi connectivity index (χ1v) is 12.9. The minimum atomic E-state index is -0.707. The highest BCUT2D eigenvalue weighted by Gasteiger charge is 2.49. The van der Waals surface area contributed by atoms with Gasteiger partial charge in [-0.25, -0.2) is 0 Å². The predicted octanol–water partition coefficient (Wildman–Crippen LogP) is 4.56. The second-order valence-electron chi connectivity index (χ2n) is 10.3. The maximum atomic E-state index is 14.1. The van der Waals surface area contributed by atoms with Crippen LogP contribution < -0.4 is 5.32 Å². The van der Waals surface area contributed by atoms with Crippen LogP contribution in [0.15, 0.2) is 41.8 Å². The molecule has 4 rings (SSSR count). The Labute approximate surface area is 200 Å². The van der Waals surface area contributed by atoms with E-state index in [1.807, 2.05) is 57.3 Å². The third-order valence-corrected chi connectivity index (χ3v) is 7.64. The normalized spacial score (nSPS) is 22.1. The van der Waals surface area contributed by atoms with Crippen molar-refractivity contribution in [2.45, 2.75) is 71.5 Å². The molecule has 0 saturated carbocycles. The van der Waals surface area contributed by atoms with Crippen LogP contribution in [0.2, 0.25) is 0 Å². The number of fused-ring (bicyclic) bond motifs is 1. The van der Waals surface area contributed by atoms with Crippen molar-refractivity contribution >= 4 is 28.9 Å². The molecule has 1 saturated heterocycles. The van der Waals surface area contributed by atoms with Crippen molar-refractivity contribution in [3.63, 3.8) is 0 Å². The van der Waals surface area contributed by atoms with Gasteiger partial charge in [-0.1, -0.05) is 58.0 Å². The zero-order valence-electron chi connectivity index (χ0n) is 19.9. The summed E-state index contributed by atoms with van der Waals surface area (Å²) in [6, 6.07) is 10.1. The van der Waals surface area contributed by atoms with Gasteiger partial charge in [0.2, 0.25) is 11.8 Å². The van der Waals surface area contributed by atoms with Crippen LogP contribution in [-0.2, 0) is 27.2 Å². The van der Waals surface area contributed by atoms with E-state index in [9.17, 15) is 14.4 Å². The van der Waals surface area contributed by atoms with Crippen molar-refractivity contribution in [2.24, 2.45) is 17.8 Å². The Kier molecular flexibility index (Phi) is 7.03. The summed E-state index contributed by atoms with van der Waals surface area (Å²) in [5.74, 6) is 0.157. The van der Waals surface area contributed by atoms with Crippen molar-refractivity contribution < 1.29 is 14.4 Å². The van der Waals surface area contributed by atoms with E-state index in [0.29, 0.717) is 12.8 Å². The number of Topliss-reactive ketones (excluding diaryl/α,β-unsaturated/α-hetero) is 1. The van der Waals surface area contributed by atoms with E-state index in [4.69, 9.17) is 0 Å². The summed E-state index contributed by atoms with van der Waals surface area (Å²) >= 11 is 1.48. The molecule has 1 fully saturated rings. The maximum Gasteiger partial charge on any atom is 0.247 e. The number of carbonyl (C=O) groups excluding carboxylic acids is 3. The molecule has 2 aliphatic rings. The van der Waals surface area contributed by atoms with E-state index in [-0.39, 0.29) is 35.4 Å². The minimum Gasteiger partial charge on any atom is -0.342 e. The summed E-state index contributed by atoms with van der Waals surface area (Å²) in [5.41, 5.74) is 2.48. The van der Waals surface area contributed by atoms with Crippen LogP contribution >= 0.6 is 11.3 Å². The Bertz CT molecular complexity index is 989. The highest BCUT2D eigenvalue weighted by atomic mass is 32.1. The second kappa shape index (κ2) is 9.80. The van der Waals surface area contributed by atoms with E-state index in [0.717, 1.165) is 17.7 Å². The zero-order chi connectivity index (χ0) is 23.7. The maximum absolute atomic E-state index is 14.1. The molecule has 1 aliphatic heterocycles. The molecule has 33 heavy (non-hydrogen) atoms. The number of piperazine rings is 1. The number of ketones is 1. The summed E-state index contributed by atoms with van der Waals surface area (Å²) in [5, 5.41) is 5.00. The van der Waals surface area contributed by atoms with Crippen molar-refractivity contribution in [2.75, 3.05) is 0 Å². The minimum absolute atomic E-state index is 0.00513. The summed E-state index contributed by atoms with van der Waals surface area (Å²) in [4.78, 5) is 43.5. The first-order valence-electron chi connectivity index (χ1n) is 12.0. The van der Waals surface area contributed by atoms with Gasteiger partial charge in [0.25, 0.3) is 0 Å². The summed E-state index contributed by atoms with van der Waals surface area (Å²) in [7, 11) is 0. The van der Waals surface area contributed by atoms with Crippen LogP contribution in [0.5, 0.6) is 0 Å². The summed E-state index contributed by atoms with van der Waals surface area (Å²) in [6.45, 7) is 8.12. The third-order valence-electron chi connectivity index (χ3n) is 6.71. The summed E-state index contributed by atoms with van der Waals surface area (Å²) < 4.78 is 0. The van der Waals surface area contributed by atoms with Crippen molar-refractivity contribution in [1.29, 1.82) is 0 Å². The smallest absolute Gasteiger partial charge is 0.247 e. The summed E-state index contributed by atoms with van der Waals surface area (Å²) in [6.07, 6.45) is 2.44. The number of nitrogens with one attached hydrogen (secondary N) is 1. The number of nitrogens with zero attached hydrogens (tertiary/aromatic N) is 1. The Morgan fingerprint density at radius 2 is 1.70 bits per heavy atom. The quantitative estimate of drug-likeness (QED) is 0.620. The number of hydrogen-bond acceptors (Lipinski definition) is 4. The van der Waals surface area contributed by atoms with Gasteiger partial charge in [-0.3, -0.25) is 14.4 Å². The van der Waals surface area contributed by atoms with E-state index in [1.165, 1.54) is 22.5 Å². The van der Waals surface area contributed by atoms with Crippen LogP contribution in [0.3, 0.4) is 0 Å². The largest absolute Gasteiger partial charge is 0.342 e. The number of rotatable bonds is 8. The zero-order valence-corrected chi connectivity index (χ0v) is 20.7. The van der Waals surface area contributed by atoms with Crippen LogP contribution in [0.1, 0.15) is 62.6 Å². The lowest BCUT2D eigenvalue weighted by molar-refractivity contribution is -0.157. The lowest BCUT2D eigenvalue weighted by Crippen LogP contribution is -2.66. The van der Waals surface area contributed by atoms with Gasteiger partial charge in [-0.05, 0) is 59.6 Å². The highest BCUT2D eigenvalue weighted by Crippen LogP contribution is 2.37. The van der Waals surface area contributed by atoms with Gasteiger partial charge >= 0.3 is 0 Å².